The van der Waals surface area contributed by atoms with Crippen LogP contribution in [-0.4, -0.2) is 12.2 Å². The Hall–Kier alpha value is -0.810. The van der Waals surface area contributed by atoms with Gasteiger partial charge in [-0.2, -0.15) is 13.2 Å². The van der Waals surface area contributed by atoms with Crippen LogP contribution in [0, 0.1) is 5.82 Å². The number of hydrogen-bond donors (Lipinski definition) is 1. The molecule has 2 N–H and O–H groups in total. The molecule has 0 spiro atoms. The molecule has 1 rings (SSSR count). The Bertz CT molecular complexity index is 392. The predicted molar refractivity (Wildman–Crippen MR) is 63.0 cm³/mol. The Morgan fingerprint density at radius 1 is 1.28 bits per heavy atom. The fourth-order valence-electron chi connectivity index (χ4n) is 1.64. The quantitative estimate of drug-likeness (QED) is 0.810. The van der Waals surface area contributed by atoms with E-state index in [0.717, 1.165) is 0 Å². The van der Waals surface area contributed by atoms with Crippen molar-refractivity contribution in [3.63, 3.8) is 0 Å². The molecule has 0 fully saturated rings. The van der Waals surface area contributed by atoms with Crippen molar-refractivity contribution in [2.75, 3.05) is 0 Å². The summed E-state index contributed by atoms with van der Waals surface area (Å²) in [6.45, 7) is 0. The van der Waals surface area contributed by atoms with E-state index in [9.17, 15) is 17.6 Å². The van der Waals surface area contributed by atoms with E-state index in [2.05, 4.69) is 0 Å². The molecule has 0 heterocycles. The van der Waals surface area contributed by atoms with Gasteiger partial charge in [-0.3, -0.25) is 0 Å². The Labute approximate surface area is 108 Å². The Balaban J connectivity index is 2.42. The zero-order chi connectivity index (χ0) is 13.8. The van der Waals surface area contributed by atoms with E-state index in [1.807, 2.05) is 0 Å². The lowest BCUT2D eigenvalue weighted by Gasteiger charge is -2.13. The SMILES string of the molecule is NC(CCCC(F)(F)F)Cc1ccc(F)cc1Cl. The molecule has 0 amide bonds. The maximum Gasteiger partial charge on any atom is 0.389 e. The predicted octanol–water partition coefficient (Wildman–Crippen LogP) is 4.08. The summed E-state index contributed by atoms with van der Waals surface area (Å²) < 4.78 is 48.6. The molecular weight excluding hydrogens is 270 g/mol. The fraction of sp³-hybridized carbons (Fsp3) is 0.500. The van der Waals surface area contributed by atoms with Gasteiger partial charge < -0.3 is 5.73 Å². The maximum absolute atomic E-state index is 12.8. The molecule has 0 aromatic heterocycles. The van der Waals surface area contributed by atoms with Gasteiger partial charge in [-0.1, -0.05) is 17.7 Å². The van der Waals surface area contributed by atoms with Crippen LogP contribution in [0.4, 0.5) is 17.6 Å². The maximum atomic E-state index is 12.8. The molecule has 1 aromatic carbocycles. The van der Waals surface area contributed by atoms with Crippen molar-refractivity contribution >= 4 is 11.6 Å². The van der Waals surface area contributed by atoms with Crippen LogP contribution in [0.25, 0.3) is 0 Å². The van der Waals surface area contributed by atoms with Gasteiger partial charge in [0.1, 0.15) is 5.82 Å². The highest BCUT2D eigenvalue weighted by atomic mass is 35.5. The lowest BCUT2D eigenvalue weighted by molar-refractivity contribution is -0.135. The molecule has 0 bridgehead atoms. The minimum atomic E-state index is -4.15. The normalized spacial score (nSPS) is 13.7. The van der Waals surface area contributed by atoms with Crippen molar-refractivity contribution in [1.82, 2.24) is 0 Å². The summed E-state index contributed by atoms with van der Waals surface area (Å²) in [5.74, 6) is -0.450. The van der Waals surface area contributed by atoms with Gasteiger partial charge in [-0.05, 0) is 37.0 Å². The molecule has 0 aliphatic heterocycles. The van der Waals surface area contributed by atoms with Crippen LogP contribution in [0.2, 0.25) is 5.02 Å². The van der Waals surface area contributed by atoms with E-state index >= 15 is 0 Å². The van der Waals surface area contributed by atoms with Gasteiger partial charge in [-0.25, -0.2) is 4.39 Å². The zero-order valence-corrected chi connectivity index (χ0v) is 10.4. The Kier molecular flexibility index (Phi) is 5.41. The first-order valence-corrected chi connectivity index (χ1v) is 5.92. The highest BCUT2D eigenvalue weighted by Gasteiger charge is 2.26. The minimum Gasteiger partial charge on any atom is -0.327 e. The third-order valence-corrected chi connectivity index (χ3v) is 2.88. The largest absolute Gasteiger partial charge is 0.389 e. The molecule has 102 valence electrons. The number of hydrogen-bond acceptors (Lipinski definition) is 1. The van der Waals surface area contributed by atoms with Gasteiger partial charge in [0.05, 0.1) is 0 Å². The number of halogens is 5. The Morgan fingerprint density at radius 3 is 2.50 bits per heavy atom. The van der Waals surface area contributed by atoms with Gasteiger partial charge in [-0.15, -0.1) is 0 Å². The van der Waals surface area contributed by atoms with Crippen molar-refractivity contribution in [3.8, 4) is 0 Å². The monoisotopic (exact) mass is 283 g/mol. The highest BCUT2D eigenvalue weighted by Crippen LogP contribution is 2.24. The van der Waals surface area contributed by atoms with Crippen molar-refractivity contribution in [3.05, 3.63) is 34.6 Å². The molecule has 0 aliphatic rings. The second kappa shape index (κ2) is 6.38. The summed E-state index contributed by atoms with van der Waals surface area (Å²) >= 11 is 5.80. The van der Waals surface area contributed by atoms with Gasteiger partial charge in [0.2, 0.25) is 0 Å². The van der Waals surface area contributed by atoms with E-state index in [1.54, 1.807) is 0 Å². The Morgan fingerprint density at radius 2 is 1.94 bits per heavy atom. The lowest BCUT2D eigenvalue weighted by atomic mass is 10.0. The van der Waals surface area contributed by atoms with Crippen LogP contribution in [0.5, 0.6) is 0 Å². The number of alkyl halides is 3. The lowest BCUT2D eigenvalue weighted by Crippen LogP contribution is -2.23. The van der Waals surface area contributed by atoms with E-state index in [4.69, 9.17) is 17.3 Å². The first-order valence-electron chi connectivity index (χ1n) is 5.54. The number of nitrogens with two attached hydrogens (primary N) is 1. The van der Waals surface area contributed by atoms with Crippen LogP contribution in [-0.2, 0) is 6.42 Å². The number of rotatable bonds is 5. The third-order valence-electron chi connectivity index (χ3n) is 2.53. The van der Waals surface area contributed by atoms with Crippen LogP contribution >= 0.6 is 11.6 Å². The summed E-state index contributed by atoms with van der Waals surface area (Å²) in [7, 11) is 0. The van der Waals surface area contributed by atoms with Crippen molar-refractivity contribution < 1.29 is 17.6 Å². The smallest absolute Gasteiger partial charge is 0.327 e. The van der Waals surface area contributed by atoms with Gasteiger partial charge in [0.15, 0.2) is 0 Å². The van der Waals surface area contributed by atoms with Crippen LogP contribution in [0.3, 0.4) is 0 Å². The van der Waals surface area contributed by atoms with Crippen LogP contribution < -0.4 is 5.73 Å². The van der Waals surface area contributed by atoms with Crippen LogP contribution in [0.15, 0.2) is 18.2 Å². The van der Waals surface area contributed by atoms with Gasteiger partial charge in [0, 0.05) is 17.5 Å². The van der Waals surface area contributed by atoms with Gasteiger partial charge >= 0.3 is 6.18 Å². The fourth-order valence-corrected chi connectivity index (χ4v) is 1.88. The summed E-state index contributed by atoms with van der Waals surface area (Å²) in [5, 5.41) is 0.251. The zero-order valence-electron chi connectivity index (χ0n) is 9.61. The van der Waals surface area contributed by atoms with E-state index in [1.165, 1.54) is 18.2 Å². The molecule has 0 aliphatic carbocycles. The second-order valence-corrected chi connectivity index (χ2v) is 4.61. The number of benzene rings is 1. The minimum absolute atomic E-state index is 0.0104. The standard InChI is InChI=1S/C12H14ClF4N/c13-11-7-9(14)4-3-8(11)6-10(18)2-1-5-12(15,16)17/h3-4,7,10H,1-2,5-6,18H2. The summed E-state index contributed by atoms with van der Waals surface area (Å²) in [4.78, 5) is 0. The molecule has 0 saturated carbocycles. The molecule has 0 radical (unpaired) electrons. The molecule has 1 unspecified atom stereocenters. The average molecular weight is 284 g/mol. The topological polar surface area (TPSA) is 26.0 Å². The van der Waals surface area contributed by atoms with E-state index < -0.39 is 24.5 Å². The van der Waals surface area contributed by atoms with Gasteiger partial charge in [0.25, 0.3) is 0 Å². The van der Waals surface area contributed by atoms with Crippen molar-refractivity contribution in [1.29, 1.82) is 0 Å². The van der Waals surface area contributed by atoms with E-state index in [0.29, 0.717) is 12.0 Å². The van der Waals surface area contributed by atoms with E-state index in [-0.39, 0.29) is 17.9 Å². The summed E-state index contributed by atoms with van der Waals surface area (Å²) in [5.41, 5.74) is 6.37. The molecule has 1 aromatic rings. The molecular formula is C12H14ClF4N. The van der Waals surface area contributed by atoms with Crippen LogP contribution in [0.1, 0.15) is 24.8 Å². The molecule has 18 heavy (non-hydrogen) atoms. The molecule has 1 atom stereocenters. The average Bonchev–Trinajstić information content (AvgIpc) is 2.20. The summed E-state index contributed by atoms with van der Waals surface area (Å²) in [6, 6.07) is 3.51. The molecule has 0 saturated heterocycles. The summed E-state index contributed by atoms with van der Waals surface area (Å²) in [6.07, 6.45) is -4.39. The molecule has 1 nitrogen and oxygen atoms in total. The highest BCUT2D eigenvalue weighted by molar-refractivity contribution is 6.31. The first-order chi connectivity index (χ1) is 8.28. The van der Waals surface area contributed by atoms with Crippen molar-refractivity contribution in [2.45, 2.75) is 37.9 Å². The second-order valence-electron chi connectivity index (χ2n) is 4.21. The third kappa shape index (κ3) is 5.69. The van der Waals surface area contributed by atoms with Crippen molar-refractivity contribution in [2.24, 2.45) is 5.73 Å². The first kappa shape index (κ1) is 15.2. The molecule has 6 heteroatoms.